The van der Waals surface area contributed by atoms with Crippen molar-refractivity contribution in [2.45, 2.75) is 13.3 Å². The number of ether oxygens (including phenoxy) is 2. The lowest BCUT2D eigenvalue weighted by Gasteiger charge is -2.13. The van der Waals surface area contributed by atoms with Crippen LogP contribution >= 0.6 is 0 Å². The van der Waals surface area contributed by atoms with Gasteiger partial charge in [-0.1, -0.05) is 24.1 Å². The van der Waals surface area contributed by atoms with Gasteiger partial charge in [0.1, 0.15) is 11.5 Å². The molecule has 1 heterocycles. The highest BCUT2D eigenvalue weighted by Crippen LogP contribution is 2.23. The van der Waals surface area contributed by atoms with E-state index in [-0.39, 0.29) is 11.1 Å². The lowest BCUT2D eigenvalue weighted by atomic mass is 10.1. The SMILES string of the molecule is CCCOc1ccc(OCC(=O)ON2C(=O)c3ccccc3C2=O)cc1. The van der Waals surface area contributed by atoms with Crippen LogP contribution in [0.5, 0.6) is 11.5 Å². The first-order valence-electron chi connectivity index (χ1n) is 8.14. The molecule has 0 fully saturated rings. The number of carbonyl (C=O) groups is 3. The number of hydroxylamine groups is 2. The van der Waals surface area contributed by atoms with Gasteiger partial charge in [-0.05, 0) is 42.8 Å². The molecule has 0 spiro atoms. The molecule has 0 saturated heterocycles. The van der Waals surface area contributed by atoms with E-state index in [2.05, 4.69) is 0 Å². The molecule has 0 radical (unpaired) electrons. The highest BCUT2D eigenvalue weighted by atomic mass is 16.7. The van der Waals surface area contributed by atoms with Crippen molar-refractivity contribution in [1.29, 1.82) is 0 Å². The molecule has 0 aliphatic carbocycles. The minimum Gasteiger partial charge on any atom is -0.494 e. The van der Waals surface area contributed by atoms with Gasteiger partial charge in [0.05, 0.1) is 17.7 Å². The molecule has 0 bridgehead atoms. The minimum atomic E-state index is -0.856. The van der Waals surface area contributed by atoms with E-state index in [0.717, 1.165) is 6.42 Å². The molecule has 134 valence electrons. The summed E-state index contributed by atoms with van der Waals surface area (Å²) in [6.45, 7) is 2.19. The van der Waals surface area contributed by atoms with Crippen LogP contribution in [0.3, 0.4) is 0 Å². The minimum absolute atomic E-state index is 0.203. The molecule has 7 heteroatoms. The zero-order chi connectivity index (χ0) is 18.5. The zero-order valence-corrected chi connectivity index (χ0v) is 14.1. The Kier molecular flexibility index (Phi) is 5.17. The first-order chi connectivity index (χ1) is 12.6. The smallest absolute Gasteiger partial charge is 0.370 e. The van der Waals surface area contributed by atoms with Gasteiger partial charge >= 0.3 is 5.97 Å². The molecule has 0 atom stereocenters. The van der Waals surface area contributed by atoms with Crippen LogP contribution in [0.2, 0.25) is 0 Å². The van der Waals surface area contributed by atoms with Crippen LogP contribution in [-0.2, 0) is 9.63 Å². The summed E-state index contributed by atoms with van der Waals surface area (Å²) in [6.07, 6.45) is 0.905. The summed E-state index contributed by atoms with van der Waals surface area (Å²) in [5, 5.41) is 0.456. The summed E-state index contributed by atoms with van der Waals surface area (Å²) in [4.78, 5) is 41.0. The molecule has 26 heavy (non-hydrogen) atoms. The standard InChI is InChI=1S/C19H17NO6/c1-2-11-24-13-7-9-14(10-8-13)25-12-17(21)26-20-18(22)15-5-3-4-6-16(15)19(20)23/h3-10H,2,11-12H2,1H3. The van der Waals surface area contributed by atoms with Crippen molar-refractivity contribution in [1.82, 2.24) is 5.06 Å². The maximum Gasteiger partial charge on any atom is 0.370 e. The van der Waals surface area contributed by atoms with Gasteiger partial charge in [-0.3, -0.25) is 9.59 Å². The van der Waals surface area contributed by atoms with E-state index in [0.29, 0.717) is 23.2 Å². The van der Waals surface area contributed by atoms with Crippen LogP contribution in [-0.4, -0.2) is 36.1 Å². The van der Waals surface area contributed by atoms with Crippen LogP contribution in [0.15, 0.2) is 48.5 Å². The fourth-order valence-corrected chi connectivity index (χ4v) is 2.37. The number of benzene rings is 2. The maximum atomic E-state index is 12.1. The first kappa shape index (κ1) is 17.5. The number of rotatable bonds is 7. The maximum absolute atomic E-state index is 12.1. The summed E-state index contributed by atoms with van der Waals surface area (Å²) in [5.41, 5.74) is 0.405. The Morgan fingerprint density at radius 3 is 1.96 bits per heavy atom. The summed E-state index contributed by atoms with van der Waals surface area (Å²) in [6, 6.07) is 13.0. The van der Waals surface area contributed by atoms with Crippen LogP contribution in [0.1, 0.15) is 34.1 Å². The molecule has 0 aromatic heterocycles. The van der Waals surface area contributed by atoms with Gasteiger partial charge < -0.3 is 14.3 Å². The third kappa shape index (κ3) is 3.66. The Morgan fingerprint density at radius 1 is 0.885 bits per heavy atom. The van der Waals surface area contributed by atoms with E-state index in [1.165, 1.54) is 12.1 Å². The monoisotopic (exact) mass is 355 g/mol. The van der Waals surface area contributed by atoms with E-state index in [1.54, 1.807) is 36.4 Å². The van der Waals surface area contributed by atoms with Crippen molar-refractivity contribution < 1.29 is 28.7 Å². The van der Waals surface area contributed by atoms with Crippen molar-refractivity contribution in [3.05, 3.63) is 59.7 Å². The van der Waals surface area contributed by atoms with Gasteiger partial charge in [0.2, 0.25) is 0 Å². The average molecular weight is 355 g/mol. The second-order valence-electron chi connectivity index (χ2n) is 5.52. The van der Waals surface area contributed by atoms with E-state index >= 15 is 0 Å². The van der Waals surface area contributed by atoms with E-state index in [4.69, 9.17) is 14.3 Å². The number of hydrogen-bond acceptors (Lipinski definition) is 6. The Morgan fingerprint density at radius 2 is 1.42 bits per heavy atom. The summed E-state index contributed by atoms with van der Waals surface area (Å²) in [5.74, 6) is -1.06. The van der Waals surface area contributed by atoms with Gasteiger partial charge in [0.15, 0.2) is 6.61 Å². The highest BCUT2D eigenvalue weighted by Gasteiger charge is 2.38. The third-order valence-electron chi connectivity index (χ3n) is 3.60. The molecule has 2 aromatic rings. The number of carbonyl (C=O) groups excluding carboxylic acids is 3. The normalized spacial score (nSPS) is 12.7. The molecule has 0 saturated carbocycles. The van der Waals surface area contributed by atoms with E-state index in [1.807, 2.05) is 6.92 Å². The molecular weight excluding hydrogens is 338 g/mol. The lowest BCUT2D eigenvalue weighted by Crippen LogP contribution is -2.34. The van der Waals surface area contributed by atoms with Gasteiger partial charge in [0, 0.05) is 0 Å². The van der Waals surface area contributed by atoms with Crippen molar-refractivity contribution in [3.8, 4) is 11.5 Å². The Labute approximate surface area is 150 Å². The molecule has 0 N–H and O–H groups in total. The van der Waals surface area contributed by atoms with Crippen molar-refractivity contribution in [2.24, 2.45) is 0 Å². The largest absolute Gasteiger partial charge is 0.494 e. The van der Waals surface area contributed by atoms with Gasteiger partial charge in [-0.15, -0.1) is 0 Å². The topological polar surface area (TPSA) is 82.1 Å². The van der Waals surface area contributed by atoms with Gasteiger partial charge in [-0.2, -0.15) is 0 Å². The van der Waals surface area contributed by atoms with Gasteiger partial charge in [0.25, 0.3) is 11.8 Å². The Balaban J connectivity index is 1.53. The second kappa shape index (κ2) is 7.69. The summed E-state index contributed by atoms with van der Waals surface area (Å²) < 4.78 is 10.8. The quantitative estimate of drug-likeness (QED) is 0.710. The number of nitrogens with zero attached hydrogens (tertiary/aromatic N) is 1. The number of amides is 2. The average Bonchev–Trinajstić information content (AvgIpc) is 2.91. The second-order valence-corrected chi connectivity index (χ2v) is 5.52. The number of fused-ring (bicyclic) bond motifs is 1. The fourth-order valence-electron chi connectivity index (χ4n) is 2.37. The van der Waals surface area contributed by atoms with Crippen LogP contribution in [0.4, 0.5) is 0 Å². The molecule has 3 rings (SSSR count). The number of hydrogen-bond donors (Lipinski definition) is 0. The van der Waals surface area contributed by atoms with Crippen molar-refractivity contribution in [2.75, 3.05) is 13.2 Å². The van der Waals surface area contributed by atoms with Crippen LogP contribution < -0.4 is 9.47 Å². The van der Waals surface area contributed by atoms with Crippen LogP contribution in [0.25, 0.3) is 0 Å². The van der Waals surface area contributed by atoms with E-state index in [9.17, 15) is 14.4 Å². The van der Waals surface area contributed by atoms with Crippen molar-refractivity contribution in [3.63, 3.8) is 0 Å². The first-order valence-corrected chi connectivity index (χ1v) is 8.14. The molecule has 0 unspecified atom stereocenters. The predicted octanol–water partition coefficient (Wildman–Crippen LogP) is 2.61. The Hall–Kier alpha value is -3.35. The molecule has 2 aromatic carbocycles. The Bertz CT molecular complexity index is 795. The summed E-state index contributed by atoms with van der Waals surface area (Å²) >= 11 is 0. The molecule has 1 aliphatic rings. The van der Waals surface area contributed by atoms with Crippen LogP contribution in [0, 0.1) is 0 Å². The third-order valence-corrected chi connectivity index (χ3v) is 3.60. The van der Waals surface area contributed by atoms with Crippen molar-refractivity contribution >= 4 is 17.8 Å². The molecule has 7 nitrogen and oxygen atoms in total. The highest BCUT2D eigenvalue weighted by molar-refractivity contribution is 6.20. The molecular formula is C19H17NO6. The number of imide groups is 1. The summed E-state index contributed by atoms with van der Waals surface area (Å²) in [7, 11) is 0. The van der Waals surface area contributed by atoms with E-state index < -0.39 is 24.4 Å². The molecule has 2 amide bonds. The van der Waals surface area contributed by atoms with Gasteiger partial charge in [-0.25, -0.2) is 4.79 Å². The molecule has 1 aliphatic heterocycles. The zero-order valence-electron chi connectivity index (χ0n) is 14.1. The predicted molar refractivity (Wildman–Crippen MR) is 90.8 cm³/mol. The lowest BCUT2D eigenvalue weighted by molar-refractivity contribution is -0.170. The fraction of sp³-hybridized carbons (Fsp3) is 0.211.